The summed E-state index contributed by atoms with van der Waals surface area (Å²) in [5.74, 6) is -0.356. The van der Waals surface area contributed by atoms with Gasteiger partial charge in [0, 0.05) is 41.8 Å². The van der Waals surface area contributed by atoms with Crippen LogP contribution < -0.4 is 14.2 Å². The molecule has 2 saturated carbocycles. The number of rotatable bonds is 9. The van der Waals surface area contributed by atoms with Crippen LogP contribution in [0, 0.1) is 17.3 Å². The number of allylic oxidation sites excluding steroid dienone is 2. The van der Waals surface area contributed by atoms with Gasteiger partial charge in [0.1, 0.15) is 17.6 Å². The highest BCUT2D eigenvalue weighted by Crippen LogP contribution is 2.57. The van der Waals surface area contributed by atoms with Crippen molar-refractivity contribution in [1.29, 1.82) is 0 Å². The summed E-state index contributed by atoms with van der Waals surface area (Å²) < 4.78 is 40.3. The van der Waals surface area contributed by atoms with Crippen LogP contribution in [0.5, 0.6) is 11.5 Å². The van der Waals surface area contributed by atoms with Crippen molar-refractivity contribution < 1.29 is 32.3 Å². The summed E-state index contributed by atoms with van der Waals surface area (Å²) in [4.78, 5) is 50.3. The maximum atomic E-state index is 14.9. The molecule has 10 nitrogen and oxygen atoms in total. The number of hydrogen-bond donors (Lipinski definition) is 1. The van der Waals surface area contributed by atoms with E-state index in [0.29, 0.717) is 54.8 Å². The number of nitrogens with zero attached hydrogens (tertiary/aromatic N) is 2. The number of aromatic nitrogens is 1. The van der Waals surface area contributed by atoms with E-state index in [2.05, 4.69) is 10.8 Å². The minimum absolute atomic E-state index is 0.0966. The minimum Gasteiger partial charge on any atom is -0.497 e. The molecule has 3 fully saturated rings. The lowest BCUT2D eigenvalue weighted by atomic mass is 9.90. The quantitative estimate of drug-likeness (QED) is 0.172. The largest absolute Gasteiger partial charge is 0.497 e. The maximum Gasteiger partial charge on any atom is 0.240 e. The maximum absolute atomic E-state index is 14.9. The van der Waals surface area contributed by atoms with Gasteiger partial charge in [-0.1, -0.05) is 85.7 Å². The Morgan fingerprint density at radius 1 is 0.965 bits per heavy atom. The van der Waals surface area contributed by atoms with E-state index in [9.17, 15) is 22.8 Å². The van der Waals surface area contributed by atoms with Crippen LogP contribution in [-0.4, -0.2) is 66.4 Å². The third-order valence-electron chi connectivity index (χ3n) is 12.6. The van der Waals surface area contributed by atoms with E-state index >= 15 is 0 Å². The number of fused-ring (bicyclic) bond motifs is 3. The monoisotopic (exact) mass is 789 g/mol. The van der Waals surface area contributed by atoms with E-state index < -0.39 is 38.2 Å². The zero-order valence-corrected chi connectivity index (χ0v) is 33.5. The van der Waals surface area contributed by atoms with Crippen LogP contribution in [0.15, 0.2) is 97.1 Å². The van der Waals surface area contributed by atoms with Gasteiger partial charge in [0.15, 0.2) is 5.78 Å². The van der Waals surface area contributed by atoms with Crippen LogP contribution in [0.2, 0.25) is 0 Å². The Labute approximate surface area is 335 Å². The predicted octanol–water partition coefficient (Wildman–Crippen LogP) is 7.60. The first-order chi connectivity index (χ1) is 27.5. The molecule has 4 aliphatic rings. The number of amides is 2. The average molecular weight is 790 g/mol. The number of pyridine rings is 1. The Bertz CT molecular complexity index is 2290. The number of benzene rings is 3. The lowest BCUT2D eigenvalue weighted by Crippen LogP contribution is -2.47. The number of nitrogens with one attached hydrogen (secondary N) is 1. The normalized spacial score (nSPS) is 26.7. The summed E-state index contributed by atoms with van der Waals surface area (Å²) >= 11 is 0. The molecule has 5 atom stereocenters. The van der Waals surface area contributed by atoms with E-state index in [1.807, 2.05) is 91.0 Å². The van der Waals surface area contributed by atoms with Gasteiger partial charge < -0.3 is 14.4 Å². The summed E-state index contributed by atoms with van der Waals surface area (Å²) in [6.45, 7) is 1.84. The smallest absolute Gasteiger partial charge is 0.240 e. The molecule has 1 saturated heterocycles. The van der Waals surface area contributed by atoms with E-state index in [4.69, 9.17) is 14.5 Å². The average Bonchev–Trinajstić information content (AvgIpc) is 4.10. The Morgan fingerprint density at radius 3 is 2.46 bits per heavy atom. The second kappa shape index (κ2) is 15.7. The number of carbonyl (C=O) groups is 3. The van der Waals surface area contributed by atoms with Crippen LogP contribution >= 0.6 is 0 Å². The fourth-order valence-electron chi connectivity index (χ4n) is 8.66. The molecule has 2 amide bonds. The molecule has 0 bridgehead atoms. The van der Waals surface area contributed by atoms with Crippen LogP contribution in [0.4, 0.5) is 0 Å². The molecule has 1 N–H and O–H groups in total. The lowest BCUT2D eigenvalue weighted by molar-refractivity contribution is -0.142. The number of Topliss-reactive ketones (excluding diaryl/α,β-unsaturated/α-hetero) is 1. The second-order valence-corrected chi connectivity index (χ2v) is 18.9. The van der Waals surface area contributed by atoms with E-state index in [1.165, 1.54) is 0 Å². The van der Waals surface area contributed by atoms with Gasteiger partial charge in [-0.15, -0.1) is 0 Å². The van der Waals surface area contributed by atoms with Crippen molar-refractivity contribution in [3.8, 4) is 22.8 Å². The number of carbonyl (C=O) groups excluding carboxylic acids is 3. The summed E-state index contributed by atoms with van der Waals surface area (Å²) in [7, 11) is -2.31. The van der Waals surface area contributed by atoms with Gasteiger partial charge >= 0.3 is 0 Å². The summed E-state index contributed by atoms with van der Waals surface area (Å²) in [5.41, 5.74) is 2.17. The van der Waals surface area contributed by atoms with Crippen LogP contribution in [0.3, 0.4) is 0 Å². The topological polar surface area (TPSA) is 132 Å². The molecule has 8 rings (SSSR count). The van der Waals surface area contributed by atoms with Crippen LogP contribution in [-0.2, 0) is 30.8 Å². The summed E-state index contributed by atoms with van der Waals surface area (Å²) in [6.07, 6.45) is 9.72. The summed E-state index contributed by atoms with van der Waals surface area (Å²) in [6, 6.07) is 26.5. The molecular weight excluding hydrogens is 739 g/mol. The lowest BCUT2D eigenvalue weighted by Gasteiger charge is -2.29. The zero-order chi connectivity index (χ0) is 39.8. The van der Waals surface area contributed by atoms with Crippen molar-refractivity contribution in [3.05, 3.63) is 103 Å². The van der Waals surface area contributed by atoms with Crippen molar-refractivity contribution in [3.63, 3.8) is 0 Å². The third-order valence-corrected chi connectivity index (χ3v) is 14.8. The second-order valence-electron chi connectivity index (χ2n) is 16.7. The van der Waals surface area contributed by atoms with Crippen molar-refractivity contribution >= 4 is 38.5 Å². The van der Waals surface area contributed by atoms with E-state index in [-0.39, 0.29) is 42.9 Å². The molecule has 1 aromatic heterocycles. The highest BCUT2D eigenvalue weighted by atomic mass is 32.2. The minimum atomic E-state index is -3.92. The van der Waals surface area contributed by atoms with Crippen molar-refractivity contribution in [2.24, 2.45) is 17.3 Å². The molecule has 0 unspecified atom stereocenters. The number of sulfonamides is 1. The molecule has 2 aliphatic heterocycles. The third kappa shape index (κ3) is 8.08. The first-order valence-corrected chi connectivity index (χ1v) is 21.8. The number of ether oxygens (including phenoxy) is 2. The molecule has 11 heteroatoms. The fraction of sp³-hybridized carbons (Fsp3) is 0.435. The Morgan fingerprint density at radius 2 is 1.72 bits per heavy atom. The Hall–Kier alpha value is -5.03. The molecule has 0 radical (unpaired) electrons. The Kier molecular flexibility index (Phi) is 10.7. The summed E-state index contributed by atoms with van der Waals surface area (Å²) in [5, 5.41) is 0.772. The van der Waals surface area contributed by atoms with Gasteiger partial charge in [0.2, 0.25) is 21.8 Å². The first-order valence-electron chi connectivity index (χ1n) is 20.3. The van der Waals surface area contributed by atoms with Gasteiger partial charge in [-0.05, 0) is 75.5 Å². The van der Waals surface area contributed by atoms with Crippen LogP contribution in [0.1, 0.15) is 76.7 Å². The Balaban J connectivity index is 1.14. The molecule has 0 spiro atoms. The fourth-order valence-corrected chi connectivity index (χ4v) is 9.99. The molecule has 3 heterocycles. The molecule has 57 heavy (non-hydrogen) atoms. The molecule has 298 valence electrons. The van der Waals surface area contributed by atoms with E-state index in [0.717, 1.165) is 42.2 Å². The van der Waals surface area contributed by atoms with Gasteiger partial charge in [-0.3, -0.25) is 19.1 Å². The van der Waals surface area contributed by atoms with Gasteiger partial charge in [-0.25, -0.2) is 13.4 Å². The molecule has 3 aromatic carbocycles. The van der Waals surface area contributed by atoms with Crippen molar-refractivity contribution in [2.45, 2.75) is 94.4 Å². The standard InChI is InChI=1S/C46H51N3O7S/c1-45(22-23-45)57(53,54)48-44(52)46-28-34(46)19-13-5-3-4-10-18-33(24-31-14-8-6-9-15-31)43(51)49-30-36(26-40(49)41(50)29-46)56-42-27-38(32-16-11-7-12-17-32)47-39-25-35(55-2)20-21-37(39)42/h6-9,11-17,19-21,25,27,33-34,36,40H,3-5,10,18,22-24,26,28-30H2,1-2H3,(H,48,52)/b19-13-/t33-,34+,36-,40+,46-/m1/s1. The van der Waals surface area contributed by atoms with Gasteiger partial charge in [-0.2, -0.15) is 0 Å². The van der Waals surface area contributed by atoms with Gasteiger partial charge in [0.25, 0.3) is 0 Å². The predicted molar refractivity (Wildman–Crippen MR) is 219 cm³/mol. The van der Waals surface area contributed by atoms with Crippen molar-refractivity contribution in [2.75, 3.05) is 13.7 Å². The first kappa shape index (κ1) is 38.8. The number of ketones is 1. The number of hydrogen-bond acceptors (Lipinski definition) is 8. The highest BCUT2D eigenvalue weighted by Gasteiger charge is 2.62. The van der Waals surface area contributed by atoms with Crippen molar-refractivity contribution in [1.82, 2.24) is 14.6 Å². The number of methoxy groups -OCH3 is 1. The van der Waals surface area contributed by atoms with Gasteiger partial charge in [0.05, 0.1) is 41.1 Å². The highest BCUT2D eigenvalue weighted by molar-refractivity contribution is 7.91. The molecule has 4 aromatic rings. The zero-order valence-electron chi connectivity index (χ0n) is 32.7. The molecule has 2 aliphatic carbocycles. The van der Waals surface area contributed by atoms with Crippen LogP contribution in [0.25, 0.3) is 22.2 Å². The van der Waals surface area contributed by atoms with E-state index in [1.54, 1.807) is 18.9 Å². The molecular formula is C46H51N3O7S. The SMILES string of the molecule is COc1ccc2c(O[C@@H]3C[C@H]4C(=O)C[C@]5(C(=O)NS(=O)(=O)C6(C)CC6)C[C@@H]5/C=C\CCCCC[C@H](Cc5ccccc5)C(=O)N4C3)cc(-c3ccccc3)nc2c1.